The number of hydrogen-bond donors (Lipinski definition) is 2. The first-order valence-electron chi connectivity index (χ1n) is 37.2. The Hall–Kier alpha value is -11.5. The van der Waals surface area contributed by atoms with Gasteiger partial charge in [0.15, 0.2) is 0 Å². The minimum absolute atomic E-state index is 0.436. The molecule has 2 N–H and O–H groups in total. The number of anilines is 6. The molecule has 0 aliphatic heterocycles. The van der Waals surface area contributed by atoms with E-state index in [2.05, 4.69) is 211 Å². The third kappa shape index (κ3) is 14.0. The molecule has 566 valence electrons. The maximum absolute atomic E-state index is 13.8. The van der Waals surface area contributed by atoms with Gasteiger partial charge in [0.1, 0.15) is 5.75 Å². The first-order chi connectivity index (χ1) is 56.9. The quantitative estimate of drug-likeness (QED) is 0.0715. The maximum atomic E-state index is 13.8. The van der Waals surface area contributed by atoms with Crippen molar-refractivity contribution in [2.45, 2.75) is 5.51 Å². The number of hydrogen-bond acceptors (Lipinski definition) is 13. The van der Waals surface area contributed by atoms with E-state index in [1.807, 2.05) is 136 Å². The second-order valence-corrected chi connectivity index (χ2v) is 37.1. The highest BCUT2D eigenvalue weighted by Crippen LogP contribution is 2.53. The third-order valence-corrected chi connectivity index (χ3v) is 29.6. The summed E-state index contributed by atoms with van der Waals surface area (Å²) in [4.78, 5) is 4.40. The van der Waals surface area contributed by atoms with Crippen LogP contribution in [0.3, 0.4) is 0 Å². The van der Waals surface area contributed by atoms with E-state index in [4.69, 9.17) is 37.4 Å². The van der Waals surface area contributed by atoms with Gasteiger partial charge in [-0.3, -0.25) is 0 Å². The molecule has 0 fully saturated rings. The summed E-state index contributed by atoms with van der Waals surface area (Å²) in [7, 11) is -7.38. The van der Waals surface area contributed by atoms with Gasteiger partial charge >= 0.3 is 22.7 Å². The van der Waals surface area contributed by atoms with Gasteiger partial charge in [-0.1, -0.05) is 181 Å². The monoisotopic (exact) mass is 1690 g/mol. The molecule has 0 unspecified atom stereocenters. The smallest absolute Gasteiger partial charge is 0.423 e. The molecule has 0 amide bonds. The number of halogens is 5. The Labute approximate surface area is 702 Å². The summed E-state index contributed by atoms with van der Waals surface area (Å²) in [6.07, 6.45) is 0. The van der Waals surface area contributed by atoms with Crippen LogP contribution in [0.25, 0.3) is 154 Å². The summed E-state index contributed by atoms with van der Waals surface area (Å²) < 4.78 is 85.2. The van der Waals surface area contributed by atoms with Crippen LogP contribution < -0.4 is 19.4 Å². The Morgan fingerprint density at radius 2 is 0.598 bits per heavy atom. The predicted molar refractivity (Wildman–Crippen MR) is 498 cm³/mol. The molecular weight excluding hydrogens is 1640 g/mol. The lowest BCUT2D eigenvalue weighted by Crippen LogP contribution is -2.29. The fourth-order valence-corrected chi connectivity index (χ4v) is 23.0. The molecule has 22 aromatic rings. The molecule has 22 rings (SSSR count). The van der Waals surface area contributed by atoms with Gasteiger partial charge in [-0.25, -0.2) is 0 Å². The summed E-state index contributed by atoms with van der Waals surface area (Å²) >= 11 is 22.5. The summed E-state index contributed by atoms with van der Waals surface area (Å²) in [5.74, 6) is -0.436. The van der Waals surface area contributed by atoms with Crippen molar-refractivity contribution in [3.05, 3.63) is 350 Å². The summed E-state index contributed by atoms with van der Waals surface area (Å²) in [5, 5.41) is 32.1. The minimum Gasteiger partial charge on any atom is -0.423 e. The SMILES string of the molecule is Clc1ccc(-c2cc(N(c3ccccc3)c3ccc4sc5ccccc5c4c3)c3sc4ccc(-c5ccc6sc7ccccc7c6c5)cc4c3c2)cc1.O=S(=O)(Oc1cc(N(c2ccccc2)c2ccc3sc4ccccc4c3c2)c2sc3ccc(-c4ccc5sc6ccccc6c5c4)cc3c2c1)C(F)(F)F.OB(O)c1ccc(Cl)cc1. The van der Waals surface area contributed by atoms with Crippen molar-refractivity contribution in [3.63, 3.8) is 0 Å². The van der Waals surface area contributed by atoms with Gasteiger partial charge in [0.05, 0.1) is 20.8 Å². The van der Waals surface area contributed by atoms with E-state index in [1.165, 1.54) is 110 Å². The number of thiophene rings is 6. The van der Waals surface area contributed by atoms with Gasteiger partial charge in [-0.2, -0.15) is 21.6 Å². The third-order valence-electron chi connectivity index (χ3n) is 21.1. The lowest BCUT2D eigenvalue weighted by atomic mass is 9.81. The Bertz CT molecular complexity index is 7780. The van der Waals surface area contributed by atoms with E-state index < -0.39 is 28.5 Å². The average Bonchev–Trinajstić information content (AvgIpc) is 1.70. The Kier molecular flexibility index (Phi) is 19.2. The van der Waals surface area contributed by atoms with Crippen LogP contribution in [0.5, 0.6) is 5.75 Å². The van der Waals surface area contributed by atoms with Crippen LogP contribution in [0.2, 0.25) is 10.0 Å². The van der Waals surface area contributed by atoms with Crippen molar-refractivity contribution in [1.29, 1.82) is 0 Å². The molecule has 0 saturated heterocycles. The molecule has 117 heavy (non-hydrogen) atoms. The van der Waals surface area contributed by atoms with Crippen molar-refractivity contribution in [3.8, 4) is 39.1 Å². The molecule has 6 heterocycles. The molecule has 0 aliphatic rings. The highest BCUT2D eigenvalue weighted by molar-refractivity contribution is 7.88. The molecule has 0 aliphatic carbocycles. The van der Waals surface area contributed by atoms with E-state index in [1.54, 1.807) is 46.9 Å². The minimum atomic E-state index is -5.97. The fourth-order valence-electron chi connectivity index (χ4n) is 15.6. The number of fused-ring (bicyclic) bond motifs is 18. The van der Waals surface area contributed by atoms with Gasteiger partial charge in [0, 0.05) is 150 Å². The lowest BCUT2D eigenvalue weighted by molar-refractivity contribution is -0.0500. The molecule has 0 radical (unpaired) electrons. The average molecular weight is 1690 g/mol. The largest absolute Gasteiger partial charge is 0.534 e. The van der Waals surface area contributed by atoms with E-state index in [-0.39, 0.29) is 0 Å². The van der Waals surface area contributed by atoms with Crippen LogP contribution >= 0.6 is 91.2 Å². The lowest BCUT2D eigenvalue weighted by Gasteiger charge is -2.27. The molecule has 0 bridgehead atoms. The second kappa shape index (κ2) is 30.2. The first-order valence-corrected chi connectivity index (χ1v) is 44.3. The number of alkyl halides is 3. The maximum Gasteiger partial charge on any atom is 0.534 e. The Balaban J connectivity index is 0.000000135. The van der Waals surface area contributed by atoms with Crippen molar-refractivity contribution < 1.29 is 35.8 Å². The molecule has 6 aromatic heterocycles. The van der Waals surface area contributed by atoms with Gasteiger partial charge in [-0.15, -0.1) is 68.0 Å². The summed E-state index contributed by atoms with van der Waals surface area (Å²) in [5.41, 5.74) is 6.89. The van der Waals surface area contributed by atoms with Crippen LogP contribution in [-0.4, -0.2) is 31.1 Å². The van der Waals surface area contributed by atoms with Crippen LogP contribution in [0, 0.1) is 0 Å². The van der Waals surface area contributed by atoms with Crippen molar-refractivity contribution in [2.24, 2.45) is 0 Å². The molecule has 0 atom stereocenters. The first kappa shape index (κ1) is 74.4. The number of rotatable bonds is 12. The van der Waals surface area contributed by atoms with Gasteiger partial charge < -0.3 is 24.0 Å². The van der Waals surface area contributed by atoms with Crippen molar-refractivity contribution in [1.82, 2.24) is 0 Å². The highest BCUT2D eigenvalue weighted by Gasteiger charge is 2.49. The molecular formula is C97H58BCl2F3N2O5S7. The second-order valence-electron chi connectivity index (χ2n) is 28.3. The fraction of sp³-hybridized carbons (Fsp3) is 0.0103. The summed E-state index contributed by atoms with van der Waals surface area (Å²) in [6, 6.07) is 116. The van der Waals surface area contributed by atoms with E-state index in [0.717, 1.165) is 96.1 Å². The normalized spacial score (nSPS) is 12.0. The van der Waals surface area contributed by atoms with Crippen molar-refractivity contribution in [2.75, 3.05) is 9.80 Å². The van der Waals surface area contributed by atoms with Crippen LogP contribution in [0.4, 0.5) is 47.3 Å². The highest BCUT2D eigenvalue weighted by atomic mass is 35.5. The van der Waals surface area contributed by atoms with Gasteiger partial charge in [0.2, 0.25) is 0 Å². The Morgan fingerprint density at radius 3 is 0.991 bits per heavy atom. The topological polar surface area (TPSA) is 90.3 Å². The van der Waals surface area contributed by atoms with E-state index in [9.17, 15) is 21.6 Å². The Morgan fingerprint density at radius 1 is 0.291 bits per heavy atom. The molecule has 20 heteroatoms. The van der Waals surface area contributed by atoms with Crippen molar-refractivity contribution >= 4 is 269 Å². The zero-order valence-corrected chi connectivity index (χ0v) is 68.4. The van der Waals surface area contributed by atoms with Crippen LogP contribution in [0.15, 0.2) is 340 Å². The summed E-state index contributed by atoms with van der Waals surface area (Å²) in [6.45, 7) is 0. The standard InChI is InChI=1S/C48H28ClNS3.C43H24F3NO3S4.C6H6BClO2/c49-33-18-14-29(15-19-33)32-26-41-39-25-31(30-16-21-45-38(24-30)36-10-4-6-12-43(36)51-45)17-22-47(39)53-48(41)42(27-32)50(34-8-2-1-3-9-34)35-20-23-46-40(28-35)37-11-5-7-13-44(37)52-46;44-43(45,46)54(48,49)50-29-23-35-33-21-26(25-14-17-39-32(20-25)30-10-4-6-12-37(30)51-39)15-18-41(33)53-42(35)36(24-29)47(27-8-2-1-3-9-27)28-16-19-40-34(22-28)31-11-5-7-13-38(31)52-40;8-6-3-1-5(2-4-6)7(9)10/h1-28H;1-24H;1-4,9-10H. The number of nitrogens with zero attached hydrogens (tertiary/aromatic N) is 2. The molecule has 0 spiro atoms. The van der Waals surface area contributed by atoms with E-state index >= 15 is 0 Å². The predicted octanol–water partition coefficient (Wildman–Crippen LogP) is 30.4. The van der Waals surface area contributed by atoms with E-state index in [0.29, 0.717) is 21.6 Å². The van der Waals surface area contributed by atoms with Gasteiger partial charge in [-0.05, 0) is 215 Å². The molecule has 0 saturated carbocycles. The van der Waals surface area contributed by atoms with Gasteiger partial charge in [0.25, 0.3) is 0 Å². The molecule has 16 aromatic carbocycles. The zero-order chi connectivity index (χ0) is 79.4. The zero-order valence-electron chi connectivity index (χ0n) is 61.2. The van der Waals surface area contributed by atoms with Crippen LogP contribution in [-0.2, 0) is 10.1 Å². The van der Waals surface area contributed by atoms with Crippen LogP contribution in [0.1, 0.15) is 0 Å². The molecule has 7 nitrogen and oxygen atoms in total. The number of benzene rings is 16. The number of para-hydroxylation sites is 2.